The number of quaternary nitrogens is 1. The van der Waals surface area contributed by atoms with Crippen molar-refractivity contribution < 1.29 is 30.0 Å². The lowest BCUT2D eigenvalue weighted by atomic mass is 10.0. The normalized spacial score (nSPS) is 15.7. The van der Waals surface area contributed by atoms with Gasteiger partial charge in [-0.25, -0.2) is 0 Å². The predicted octanol–water partition coefficient (Wildman–Crippen LogP) is 1.56. The zero-order valence-electron chi connectivity index (χ0n) is 18.0. The van der Waals surface area contributed by atoms with Crippen molar-refractivity contribution in [1.29, 1.82) is 0 Å². The second kappa shape index (κ2) is 11.3. The molecule has 0 aliphatic carbocycles. The smallest absolute Gasteiger partial charge is 0.131 e. The molecule has 0 heterocycles. The largest absolute Gasteiger partial charge is 0.394 e. The summed E-state index contributed by atoms with van der Waals surface area (Å²) in [7, 11) is 1.97. The van der Waals surface area contributed by atoms with E-state index in [9.17, 15) is 20.4 Å². The summed E-state index contributed by atoms with van der Waals surface area (Å²) in [6, 6.07) is 15.9. The minimum Gasteiger partial charge on any atom is -0.394 e. The molecule has 0 bridgehead atoms. The molecule has 6 nitrogen and oxygen atoms in total. The number of rotatable bonds is 12. The molecule has 0 saturated carbocycles. The molecule has 4 atom stereocenters. The van der Waals surface area contributed by atoms with Crippen LogP contribution >= 0.6 is 0 Å². The molecule has 0 aliphatic heterocycles. The van der Waals surface area contributed by atoms with E-state index < -0.39 is 31.0 Å². The van der Waals surface area contributed by atoms with Crippen LogP contribution < -0.4 is 0 Å². The minimum absolute atomic E-state index is 0.128. The Morgan fingerprint density at radius 2 is 1.13 bits per heavy atom. The van der Waals surface area contributed by atoms with E-state index in [-0.39, 0.29) is 6.54 Å². The number of nitrogens with zero attached hydrogens (tertiary/aromatic N) is 1. The van der Waals surface area contributed by atoms with Gasteiger partial charge in [-0.15, -0.1) is 0 Å². The van der Waals surface area contributed by atoms with Gasteiger partial charge in [0, 0.05) is 11.1 Å². The average molecular weight is 429 g/mol. The van der Waals surface area contributed by atoms with Gasteiger partial charge in [0.1, 0.15) is 44.1 Å². The van der Waals surface area contributed by atoms with E-state index in [0.29, 0.717) is 17.6 Å². The number of aliphatic hydroxyl groups excluding tert-OH is 5. The summed E-state index contributed by atoms with van der Waals surface area (Å²) in [5.74, 6) is 0. The number of likely N-dealkylation sites (N-methyl/N-ethyl adjacent to an activating group) is 1. The van der Waals surface area contributed by atoms with E-state index in [4.69, 9.17) is 5.11 Å². The van der Waals surface area contributed by atoms with Crippen molar-refractivity contribution in [2.24, 2.45) is 0 Å². The van der Waals surface area contributed by atoms with Crippen molar-refractivity contribution in [2.75, 3.05) is 20.2 Å². The van der Waals surface area contributed by atoms with Crippen molar-refractivity contribution >= 4 is 12.2 Å². The molecule has 0 spiro atoms. The van der Waals surface area contributed by atoms with Crippen LogP contribution in [0.25, 0.3) is 12.2 Å². The van der Waals surface area contributed by atoms with Crippen LogP contribution in [0, 0.1) is 0 Å². The maximum absolute atomic E-state index is 10.6. The minimum atomic E-state index is -1.65. The monoisotopic (exact) mass is 428 g/mol. The third-order valence-corrected chi connectivity index (χ3v) is 5.51. The van der Waals surface area contributed by atoms with Crippen LogP contribution in [-0.4, -0.2) is 74.6 Å². The number of benzene rings is 2. The molecule has 168 valence electrons. The molecule has 6 heteroatoms. The summed E-state index contributed by atoms with van der Waals surface area (Å²) < 4.78 is 0.348. The van der Waals surface area contributed by atoms with Gasteiger partial charge in [0.15, 0.2) is 0 Å². The standard InChI is InChI=1S/C25H34NO5/c1-4-18-6-10-20(11-7-18)14-26(3,15-21-12-8-19(5-2)9-13-21)16-22(28)24(30)25(31)23(29)17-27/h4-13,22-25,27-31H,1-2,14-17H2,3H3/q+1/t22-,23+,24+,25+/m0/s1. The fourth-order valence-electron chi connectivity index (χ4n) is 3.71. The molecule has 0 saturated heterocycles. The molecule has 5 N–H and O–H groups in total. The third kappa shape index (κ3) is 7.11. The topological polar surface area (TPSA) is 101 Å². The first-order valence-electron chi connectivity index (χ1n) is 10.3. The second-order valence-corrected chi connectivity index (χ2v) is 8.31. The van der Waals surface area contributed by atoms with Crippen LogP contribution in [0.15, 0.2) is 61.7 Å². The van der Waals surface area contributed by atoms with E-state index in [0.717, 1.165) is 22.3 Å². The van der Waals surface area contributed by atoms with Crippen LogP contribution in [-0.2, 0) is 13.1 Å². The lowest BCUT2D eigenvalue weighted by Gasteiger charge is -2.38. The molecular weight excluding hydrogens is 394 g/mol. The fraction of sp³-hybridized carbons (Fsp3) is 0.360. The van der Waals surface area contributed by atoms with E-state index >= 15 is 0 Å². The molecule has 0 unspecified atom stereocenters. The van der Waals surface area contributed by atoms with Gasteiger partial charge in [0.05, 0.1) is 13.7 Å². The van der Waals surface area contributed by atoms with E-state index in [2.05, 4.69) is 13.2 Å². The molecule has 0 aliphatic rings. The summed E-state index contributed by atoms with van der Waals surface area (Å²) in [6.45, 7) is 8.10. The van der Waals surface area contributed by atoms with Crippen LogP contribution in [0.2, 0.25) is 0 Å². The first kappa shape index (κ1) is 24.9. The molecule has 2 aromatic rings. The van der Waals surface area contributed by atoms with Crippen LogP contribution in [0.5, 0.6) is 0 Å². The highest BCUT2D eigenvalue weighted by molar-refractivity contribution is 5.47. The van der Waals surface area contributed by atoms with Gasteiger partial charge in [0.2, 0.25) is 0 Å². The van der Waals surface area contributed by atoms with Gasteiger partial charge in [-0.05, 0) is 11.1 Å². The molecule has 0 aromatic heterocycles. The zero-order valence-corrected chi connectivity index (χ0v) is 18.0. The second-order valence-electron chi connectivity index (χ2n) is 8.31. The SMILES string of the molecule is C=Cc1ccc(C[N+](C)(Cc2ccc(C=C)cc2)C[C@H](O)[C@@H](O)[C@H](O)[C@H](O)CO)cc1. The predicted molar refractivity (Wildman–Crippen MR) is 123 cm³/mol. The Bertz CT molecular complexity index is 780. The molecule has 31 heavy (non-hydrogen) atoms. The lowest BCUT2D eigenvalue weighted by molar-refractivity contribution is -0.938. The van der Waals surface area contributed by atoms with Crippen molar-refractivity contribution in [3.05, 3.63) is 83.9 Å². The maximum Gasteiger partial charge on any atom is 0.131 e. The Balaban J connectivity index is 2.25. The van der Waals surface area contributed by atoms with E-state index in [1.54, 1.807) is 12.2 Å². The van der Waals surface area contributed by atoms with Gasteiger partial charge in [-0.1, -0.05) is 73.8 Å². The Morgan fingerprint density at radius 1 is 0.742 bits per heavy atom. The van der Waals surface area contributed by atoms with Crippen molar-refractivity contribution in [3.63, 3.8) is 0 Å². The highest BCUT2D eigenvalue weighted by Gasteiger charge is 2.35. The van der Waals surface area contributed by atoms with E-state index in [1.807, 2.05) is 55.6 Å². The average Bonchev–Trinajstić information content (AvgIpc) is 2.78. The van der Waals surface area contributed by atoms with Crippen molar-refractivity contribution in [2.45, 2.75) is 37.5 Å². The summed E-state index contributed by atoms with van der Waals surface area (Å²) in [6.07, 6.45) is -2.53. The number of hydrogen-bond donors (Lipinski definition) is 5. The highest BCUT2D eigenvalue weighted by atomic mass is 16.4. The number of hydrogen-bond acceptors (Lipinski definition) is 5. The summed E-state index contributed by atoms with van der Waals surface area (Å²) in [5.41, 5.74) is 4.12. The van der Waals surface area contributed by atoms with Gasteiger partial charge in [-0.2, -0.15) is 0 Å². The first-order valence-corrected chi connectivity index (χ1v) is 10.3. The Kier molecular flexibility index (Phi) is 9.13. The quantitative estimate of drug-likeness (QED) is 0.330. The van der Waals surface area contributed by atoms with Crippen molar-refractivity contribution in [1.82, 2.24) is 0 Å². The summed E-state index contributed by atoms with van der Waals surface area (Å²) in [5, 5.41) is 49.6. The summed E-state index contributed by atoms with van der Waals surface area (Å²) >= 11 is 0. The van der Waals surface area contributed by atoms with Crippen LogP contribution in [0.4, 0.5) is 0 Å². The van der Waals surface area contributed by atoms with Gasteiger partial charge in [0.25, 0.3) is 0 Å². The summed E-state index contributed by atoms with van der Waals surface area (Å²) in [4.78, 5) is 0. The molecule has 2 aromatic carbocycles. The van der Waals surface area contributed by atoms with Crippen LogP contribution in [0.1, 0.15) is 22.3 Å². The maximum atomic E-state index is 10.6. The third-order valence-electron chi connectivity index (χ3n) is 5.51. The molecule has 0 fully saturated rings. The number of aliphatic hydroxyl groups is 5. The van der Waals surface area contributed by atoms with Gasteiger partial charge < -0.3 is 30.0 Å². The Labute approximate surface area is 184 Å². The zero-order chi connectivity index (χ0) is 23.0. The molecule has 0 amide bonds. The molecular formula is C25H34NO5+. The van der Waals surface area contributed by atoms with Crippen molar-refractivity contribution in [3.8, 4) is 0 Å². The Hall–Kier alpha value is -2.32. The van der Waals surface area contributed by atoms with Gasteiger partial charge >= 0.3 is 0 Å². The van der Waals surface area contributed by atoms with E-state index in [1.165, 1.54) is 0 Å². The first-order chi connectivity index (χ1) is 14.7. The lowest BCUT2D eigenvalue weighted by Crippen LogP contribution is -2.54. The Morgan fingerprint density at radius 3 is 1.48 bits per heavy atom. The van der Waals surface area contributed by atoms with Gasteiger partial charge in [-0.3, -0.25) is 0 Å². The fourth-order valence-corrected chi connectivity index (χ4v) is 3.71. The molecule has 0 radical (unpaired) electrons. The van der Waals surface area contributed by atoms with Crippen LogP contribution in [0.3, 0.4) is 0 Å². The molecule has 2 rings (SSSR count). The highest BCUT2D eigenvalue weighted by Crippen LogP contribution is 2.21.